The third-order valence-corrected chi connectivity index (χ3v) is 3.86. The van der Waals surface area contributed by atoms with E-state index in [-0.39, 0.29) is 0 Å². The average Bonchev–Trinajstić information content (AvgIpc) is 2.29. The highest BCUT2D eigenvalue weighted by atomic mass is 79.9. The van der Waals surface area contributed by atoms with E-state index in [1.807, 2.05) is 17.8 Å². The first-order valence-corrected chi connectivity index (χ1v) is 6.46. The number of nitrogens with zero attached hydrogens (tertiary/aromatic N) is 3. The first-order valence-electron chi connectivity index (χ1n) is 5.67. The number of nitrogens with two attached hydrogens (primary N) is 2. The monoisotopic (exact) mass is 300 g/mol. The number of hydrogen-bond acceptors (Lipinski definition) is 4. The number of halogens is 1. The zero-order valence-electron chi connectivity index (χ0n) is 10.3. The van der Waals surface area contributed by atoms with Crippen LogP contribution in [0.15, 0.2) is 10.7 Å². The summed E-state index contributed by atoms with van der Waals surface area (Å²) in [5.74, 6) is 1.01. The minimum atomic E-state index is 0.622. The highest BCUT2D eigenvalue weighted by Gasteiger charge is 2.27. The molecule has 0 amide bonds. The molecule has 1 aromatic heterocycles. The Labute approximate surface area is 110 Å². The number of pyridine rings is 1. The largest absolute Gasteiger partial charge is 0.396 e. The Hall–Kier alpha value is -1.01. The van der Waals surface area contributed by atoms with Gasteiger partial charge in [-0.2, -0.15) is 0 Å². The van der Waals surface area contributed by atoms with Crippen molar-refractivity contribution in [1.29, 1.82) is 0 Å². The van der Waals surface area contributed by atoms with Crippen molar-refractivity contribution in [2.24, 2.45) is 7.05 Å². The summed E-state index contributed by atoms with van der Waals surface area (Å²) >= 11 is 3.41. The van der Waals surface area contributed by atoms with Gasteiger partial charge >= 0.3 is 5.82 Å². The lowest BCUT2D eigenvalue weighted by Crippen LogP contribution is -2.49. The molecule has 0 spiro atoms. The molecule has 94 valence electrons. The number of anilines is 3. The second kappa shape index (κ2) is 4.70. The van der Waals surface area contributed by atoms with E-state index < -0.39 is 0 Å². The predicted octanol–water partition coefficient (Wildman–Crippen LogP) is 0.190. The standard InChI is InChI=1S/C11H18BrN5/c1-15-3-5-17(6-4-15)11-10(14)9(13)8(12)7-16(11)2/h7,13H,3-6,14H2,1-2H3/p+1. The summed E-state index contributed by atoms with van der Waals surface area (Å²) in [5, 5.41) is 0. The quantitative estimate of drug-likeness (QED) is 0.727. The third kappa shape index (κ3) is 2.32. The van der Waals surface area contributed by atoms with Crippen molar-refractivity contribution in [3.05, 3.63) is 10.7 Å². The molecule has 1 aliphatic heterocycles. The van der Waals surface area contributed by atoms with Crippen LogP contribution in [-0.4, -0.2) is 38.1 Å². The van der Waals surface area contributed by atoms with E-state index in [9.17, 15) is 0 Å². The van der Waals surface area contributed by atoms with Crippen molar-refractivity contribution in [3.63, 3.8) is 0 Å². The minimum absolute atomic E-state index is 0.622. The lowest BCUT2D eigenvalue weighted by atomic mass is 10.2. The summed E-state index contributed by atoms with van der Waals surface area (Å²) in [7, 11) is 4.13. The number of piperazine rings is 1. The van der Waals surface area contributed by atoms with Gasteiger partial charge in [0.15, 0.2) is 0 Å². The lowest BCUT2D eigenvalue weighted by molar-refractivity contribution is -0.658. The van der Waals surface area contributed by atoms with Crippen LogP contribution in [0.5, 0.6) is 0 Å². The van der Waals surface area contributed by atoms with Gasteiger partial charge < -0.3 is 11.5 Å². The van der Waals surface area contributed by atoms with Crippen LogP contribution in [0, 0.1) is 0 Å². The van der Waals surface area contributed by atoms with Gasteiger partial charge in [-0.05, 0) is 23.0 Å². The van der Waals surface area contributed by atoms with Crippen LogP contribution < -0.4 is 20.9 Å². The van der Waals surface area contributed by atoms with Crippen molar-refractivity contribution in [2.45, 2.75) is 0 Å². The zero-order valence-corrected chi connectivity index (χ0v) is 11.9. The van der Waals surface area contributed by atoms with E-state index in [1.165, 1.54) is 0 Å². The molecule has 0 atom stereocenters. The fourth-order valence-electron chi connectivity index (χ4n) is 2.15. The van der Waals surface area contributed by atoms with Crippen LogP contribution in [0.1, 0.15) is 0 Å². The van der Waals surface area contributed by atoms with Crippen molar-refractivity contribution >= 4 is 33.1 Å². The summed E-state index contributed by atoms with van der Waals surface area (Å²) in [6.45, 7) is 4.07. The van der Waals surface area contributed by atoms with Crippen molar-refractivity contribution in [2.75, 3.05) is 49.6 Å². The maximum Gasteiger partial charge on any atom is 0.302 e. The van der Waals surface area contributed by atoms with Gasteiger partial charge in [0.2, 0.25) is 0 Å². The molecule has 5 nitrogen and oxygen atoms in total. The molecule has 1 fully saturated rings. The van der Waals surface area contributed by atoms with Gasteiger partial charge in [-0.15, -0.1) is 0 Å². The van der Waals surface area contributed by atoms with E-state index >= 15 is 0 Å². The molecule has 1 aliphatic rings. The smallest absolute Gasteiger partial charge is 0.302 e. The van der Waals surface area contributed by atoms with Gasteiger partial charge in [0.25, 0.3) is 0 Å². The topological polar surface area (TPSA) is 62.4 Å². The Balaban J connectivity index is 2.35. The number of aromatic nitrogens is 1. The van der Waals surface area contributed by atoms with Gasteiger partial charge in [0.1, 0.15) is 11.9 Å². The fourth-order valence-corrected chi connectivity index (χ4v) is 2.67. The van der Waals surface area contributed by atoms with E-state index in [0.29, 0.717) is 11.4 Å². The normalized spacial score (nSPS) is 17.5. The molecular weight excluding hydrogens is 282 g/mol. The molecule has 6 heteroatoms. The molecule has 4 N–H and O–H groups in total. The lowest BCUT2D eigenvalue weighted by Gasteiger charge is -2.29. The van der Waals surface area contributed by atoms with Gasteiger partial charge in [-0.3, -0.25) is 9.80 Å². The fraction of sp³-hybridized carbons (Fsp3) is 0.545. The maximum absolute atomic E-state index is 6.12. The molecule has 2 heterocycles. The molecule has 2 rings (SSSR count). The van der Waals surface area contributed by atoms with E-state index in [1.54, 1.807) is 0 Å². The summed E-state index contributed by atoms with van der Waals surface area (Å²) in [6, 6.07) is 0. The van der Waals surface area contributed by atoms with Crippen LogP contribution >= 0.6 is 15.9 Å². The molecule has 17 heavy (non-hydrogen) atoms. The van der Waals surface area contributed by atoms with Crippen molar-refractivity contribution in [1.82, 2.24) is 4.90 Å². The summed E-state index contributed by atoms with van der Waals surface area (Å²) < 4.78 is 2.87. The Morgan fingerprint density at radius 2 is 1.76 bits per heavy atom. The average molecular weight is 301 g/mol. The first kappa shape index (κ1) is 12.4. The summed E-state index contributed by atoms with van der Waals surface area (Å²) in [5.41, 5.74) is 13.4. The highest BCUT2D eigenvalue weighted by Crippen LogP contribution is 2.30. The Morgan fingerprint density at radius 3 is 2.35 bits per heavy atom. The maximum atomic E-state index is 6.12. The van der Waals surface area contributed by atoms with E-state index in [0.717, 1.165) is 36.5 Å². The number of aryl methyl sites for hydroxylation is 1. The molecule has 1 aromatic rings. The summed E-state index contributed by atoms with van der Waals surface area (Å²) in [6.07, 6.45) is 1.96. The molecule has 0 radical (unpaired) electrons. The second-order valence-corrected chi connectivity index (χ2v) is 5.38. The molecule has 0 aromatic carbocycles. The summed E-state index contributed by atoms with van der Waals surface area (Å²) in [4.78, 5) is 4.60. The molecule has 1 saturated heterocycles. The van der Waals surface area contributed by atoms with Gasteiger partial charge in [0.05, 0.1) is 30.3 Å². The van der Waals surface area contributed by atoms with Gasteiger partial charge in [-0.25, -0.2) is 4.57 Å². The Kier molecular flexibility index (Phi) is 3.44. The Morgan fingerprint density at radius 1 is 1.18 bits per heavy atom. The van der Waals surface area contributed by atoms with Crippen molar-refractivity contribution in [3.8, 4) is 0 Å². The number of rotatable bonds is 1. The third-order valence-electron chi connectivity index (χ3n) is 3.23. The van der Waals surface area contributed by atoms with Crippen LogP contribution in [0.25, 0.3) is 0 Å². The number of likely N-dealkylation sites (N-methyl/N-ethyl adjacent to an activating group) is 1. The van der Waals surface area contributed by atoms with Gasteiger partial charge in [-0.1, -0.05) is 0 Å². The highest BCUT2D eigenvalue weighted by molar-refractivity contribution is 9.10. The molecule has 0 unspecified atom stereocenters. The molecule has 0 aliphatic carbocycles. The van der Waals surface area contributed by atoms with Crippen molar-refractivity contribution < 1.29 is 4.57 Å². The van der Waals surface area contributed by atoms with Crippen LogP contribution in [0.3, 0.4) is 0 Å². The predicted molar refractivity (Wildman–Crippen MR) is 73.9 cm³/mol. The zero-order chi connectivity index (χ0) is 12.6. The van der Waals surface area contributed by atoms with Gasteiger partial charge in [0, 0.05) is 13.1 Å². The van der Waals surface area contributed by atoms with E-state index in [4.69, 9.17) is 11.5 Å². The number of nitrogen functional groups attached to an aromatic ring is 2. The molecule has 0 saturated carbocycles. The van der Waals surface area contributed by atoms with Crippen LogP contribution in [-0.2, 0) is 7.05 Å². The first-order chi connectivity index (χ1) is 8.00. The molecular formula is C11H19BrN5+. The minimum Gasteiger partial charge on any atom is -0.396 e. The molecule has 0 bridgehead atoms. The number of hydrogen-bond donors (Lipinski definition) is 2. The van der Waals surface area contributed by atoms with E-state index in [2.05, 4.69) is 32.8 Å². The SMILES string of the molecule is CN1CCN(c2c(N)c(N)c(Br)c[n+]2C)CC1. The van der Waals surface area contributed by atoms with Crippen LogP contribution in [0.2, 0.25) is 0 Å². The Bertz CT molecular complexity index is 426. The van der Waals surface area contributed by atoms with Crippen LogP contribution in [0.4, 0.5) is 17.2 Å². The second-order valence-electron chi connectivity index (χ2n) is 4.53.